The molecule has 1 unspecified atom stereocenters. The van der Waals surface area contributed by atoms with E-state index in [1.807, 2.05) is 0 Å². The van der Waals surface area contributed by atoms with E-state index < -0.39 is 23.9 Å². The van der Waals surface area contributed by atoms with Crippen LogP contribution in [0.1, 0.15) is 39.0 Å². The summed E-state index contributed by atoms with van der Waals surface area (Å²) in [5.41, 5.74) is 5.60. The Balaban J connectivity index is 1.57. The summed E-state index contributed by atoms with van der Waals surface area (Å²) in [6, 6.07) is 9.91. The summed E-state index contributed by atoms with van der Waals surface area (Å²) in [6.07, 6.45) is 0.622. The lowest BCUT2D eigenvalue weighted by Crippen LogP contribution is -2.42. The molecule has 0 radical (unpaired) electrons. The van der Waals surface area contributed by atoms with Crippen molar-refractivity contribution in [2.24, 2.45) is 0 Å². The first-order valence-corrected chi connectivity index (χ1v) is 6.58. The topological polar surface area (TPSA) is 97.6 Å². The molecular formula is C15H12N2O5. The van der Waals surface area contributed by atoms with Crippen LogP contribution < -0.4 is 10.9 Å². The van der Waals surface area contributed by atoms with Crippen LogP contribution in [0, 0.1) is 0 Å². The minimum Gasteiger partial charge on any atom is -0.459 e. The molecule has 2 aromatic rings. The first-order valence-electron chi connectivity index (χ1n) is 6.58. The van der Waals surface area contributed by atoms with Crippen LogP contribution >= 0.6 is 0 Å². The van der Waals surface area contributed by atoms with Crippen LogP contribution in [0.3, 0.4) is 0 Å². The predicted molar refractivity (Wildman–Crippen MR) is 73.5 cm³/mol. The van der Waals surface area contributed by atoms with Gasteiger partial charge in [-0.25, -0.2) is 4.79 Å². The molecule has 7 nitrogen and oxygen atoms in total. The Bertz CT molecular complexity index is 723. The summed E-state index contributed by atoms with van der Waals surface area (Å²) < 4.78 is 10.0. The second kappa shape index (κ2) is 5.72. The van der Waals surface area contributed by atoms with Gasteiger partial charge in [0.1, 0.15) is 6.10 Å². The van der Waals surface area contributed by atoms with Gasteiger partial charge in [0, 0.05) is 5.56 Å². The molecule has 22 heavy (non-hydrogen) atoms. The number of nitrogens with one attached hydrogen (secondary N) is 2. The van der Waals surface area contributed by atoms with Gasteiger partial charge in [-0.05, 0) is 18.2 Å². The average Bonchev–Trinajstić information content (AvgIpc) is 3.15. The zero-order valence-corrected chi connectivity index (χ0v) is 11.4. The van der Waals surface area contributed by atoms with Gasteiger partial charge in [0.25, 0.3) is 0 Å². The quantitative estimate of drug-likeness (QED) is 0.658. The van der Waals surface area contributed by atoms with Crippen molar-refractivity contribution < 1.29 is 23.5 Å². The van der Waals surface area contributed by atoms with Gasteiger partial charge in [-0.15, -0.1) is 0 Å². The fraction of sp³-hybridized carbons (Fsp3) is 0.133. The molecule has 0 saturated carbocycles. The molecule has 1 atom stereocenters. The van der Waals surface area contributed by atoms with Crippen LogP contribution in [0.15, 0.2) is 47.1 Å². The maximum atomic E-state index is 11.8. The monoisotopic (exact) mass is 300 g/mol. The number of carbonyl (C=O) groups excluding carboxylic acids is 3. The Morgan fingerprint density at radius 2 is 1.91 bits per heavy atom. The standard InChI is InChI=1S/C15H12N2O5/c18-13(16-17-14(19)11-6-3-7-21-11)8-12-9-4-1-2-5-10(9)15(20)22-12/h1-7,12H,8H2,(H,16,18)(H,17,19). The number of furan rings is 1. The number of hydrogen-bond donors (Lipinski definition) is 2. The summed E-state index contributed by atoms with van der Waals surface area (Å²) in [6.45, 7) is 0. The smallest absolute Gasteiger partial charge is 0.339 e. The van der Waals surface area contributed by atoms with E-state index in [9.17, 15) is 14.4 Å². The highest BCUT2D eigenvalue weighted by Gasteiger charge is 2.32. The third-order valence-corrected chi connectivity index (χ3v) is 3.21. The van der Waals surface area contributed by atoms with E-state index in [-0.39, 0.29) is 12.2 Å². The molecule has 0 aliphatic carbocycles. The molecule has 7 heteroatoms. The van der Waals surface area contributed by atoms with Crippen LogP contribution in [-0.4, -0.2) is 17.8 Å². The molecule has 1 aromatic heterocycles. The normalized spacial score (nSPS) is 15.8. The molecule has 112 valence electrons. The van der Waals surface area contributed by atoms with E-state index in [0.29, 0.717) is 11.1 Å². The van der Waals surface area contributed by atoms with Gasteiger partial charge in [0.15, 0.2) is 5.76 Å². The number of fused-ring (bicyclic) bond motifs is 1. The number of carbonyl (C=O) groups is 3. The molecule has 1 aliphatic rings. The Kier molecular flexibility index (Phi) is 3.61. The lowest BCUT2D eigenvalue weighted by molar-refractivity contribution is -0.123. The van der Waals surface area contributed by atoms with Gasteiger partial charge < -0.3 is 9.15 Å². The van der Waals surface area contributed by atoms with Crippen molar-refractivity contribution in [3.05, 3.63) is 59.5 Å². The molecule has 1 aliphatic heterocycles. The van der Waals surface area contributed by atoms with E-state index in [0.717, 1.165) is 0 Å². The Morgan fingerprint density at radius 1 is 1.09 bits per heavy atom. The van der Waals surface area contributed by atoms with Gasteiger partial charge in [0.2, 0.25) is 5.91 Å². The van der Waals surface area contributed by atoms with Gasteiger partial charge in [0.05, 0.1) is 18.2 Å². The summed E-state index contributed by atoms with van der Waals surface area (Å²) in [5.74, 6) is -1.41. The largest absolute Gasteiger partial charge is 0.459 e. The SMILES string of the molecule is O=C(CC1OC(=O)c2ccccc21)NNC(=O)c1ccco1. The number of cyclic esters (lactones) is 1. The molecule has 2 N–H and O–H groups in total. The molecule has 0 spiro atoms. The van der Waals surface area contributed by atoms with Crippen molar-refractivity contribution in [2.45, 2.75) is 12.5 Å². The van der Waals surface area contributed by atoms with Crippen molar-refractivity contribution >= 4 is 17.8 Å². The maximum absolute atomic E-state index is 11.8. The third kappa shape index (κ3) is 2.69. The molecule has 0 bridgehead atoms. The fourth-order valence-corrected chi connectivity index (χ4v) is 2.19. The van der Waals surface area contributed by atoms with E-state index in [2.05, 4.69) is 10.9 Å². The fourth-order valence-electron chi connectivity index (χ4n) is 2.19. The van der Waals surface area contributed by atoms with Gasteiger partial charge >= 0.3 is 11.9 Å². The lowest BCUT2D eigenvalue weighted by atomic mass is 10.0. The first kappa shape index (κ1) is 13.9. The molecule has 2 amide bonds. The highest BCUT2D eigenvalue weighted by Crippen LogP contribution is 2.32. The van der Waals surface area contributed by atoms with Crippen molar-refractivity contribution in [1.29, 1.82) is 0 Å². The average molecular weight is 300 g/mol. The van der Waals surface area contributed by atoms with Crippen molar-refractivity contribution in [1.82, 2.24) is 10.9 Å². The highest BCUT2D eigenvalue weighted by atomic mass is 16.5. The predicted octanol–water partition coefficient (Wildman–Crippen LogP) is 1.34. The van der Waals surface area contributed by atoms with Crippen molar-refractivity contribution in [3.8, 4) is 0 Å². The Hall–Kier alpha value is -3.09. The molecular weight excluding hydrogens is 288 g/mol. The van der Waals surface area contributed by atoms with Crippen molar-refractivity contribution in [3.63, 3.8) is 0 Å². The Morgan fingerprint density at radius 3 is 2.68 bits per heavy atom. The van der Waals surface area contributed by atoms with Crippen molar-refractivity contribution in [2.75, 3.05) is 0 Å². The van der Waals surface area contributed by atoms with E-state index in [4.69, 9.17) is 9.15 Å². The molecule has 0 saturated heterocycles. The highest BCUT2D eigenvalue weighted by molar-refractivity contribution is 5.95. The van der Waals surface area contributed by atoms with Crippen LogP contribution in [0.5, 0.6) is 0 Å². The van der Waals surface area contributed by atoms with Gasteiger partial charge in [-0.3, -0.25) is 20.4 Å². The number of benzene rings is 1. The van der Waals surface area contributed by atoms with Crippen LogP contribution in [0.4, 0.5) is 0 Å². The second-order valence-corrected chi connectivity index (χ2v) is 4.66. The number of ether oxygens (including phenoxy) is 1. The molecule has 0 fully saturated rings. The minimum absolute atomic E-state index is 0.0814. The number of hydrogen-bond acceptors (Lipinski definition) is 5. The summed E-state index contributed by atoms with van der Waals surface area (Å²) >= 11 is 0. The Labute approximate surface area is 125 Å². The van der Waals surface area contributed by atoms with E-state index in [1.54, 1.807) is 30.3 Å². The lowest BCUT2D eigenvalue weighted by Gasteiger charge is -2.11. The van der Waals surface area contributed by atoms with E-state index >= 15 is 0 Å². The minimum atomic E-state index is -0.649. The zero-order valence-electron chi connectivity index (χ0n) is 11.4. The first-order chi connectivity index (χ1) is 10.6. The number of rotatable bonds is 3. The molecule has 3 rings (SSSR count). The van der Waals surface area contributed by atoms with E-state index in [1.165, 1.54) is 12.3 Å². The van der Waals surface area contributed by atoms with Gasteiger partial charge in [-0.1, -0.05) is 18.2 Å². The maximum Gasteiger partial charge on any atom is 0.339 e. The molecule has 1 aromatic carbocycles. The van der Waals surface area contributed by atoms with Gasteiger partial charge in [-0.2, -0.15) is 0 Å². The second-order valence-electron chi connectivity index (χ2n) is 4.66. The molecule has 2 heterocycles. The summed E-state index contributed by atoms with van der Waals surface area (Å²) in [4.78, 5) is 35.1. The van der Waals surface area contributed by atoms with Crippen LogP contribution in [0.2, 0.25) is 0 Å². The van der Waals surface area contributed by atoms with Crippen LogP contribution in [-0.2, 0) is 9.53 Å². The zero-order chi connectivity index (χ0) is 15.5. The number of amides is 2. The third-order valence-electron chi connectivity index (χ3n) is 3.21. The van der Waals surface area contributed by atoms with Crippen LogP contribution in [0.25, 0.3) is 0 Å². The summed E-state index contributed by atoms with van der Waals surface area (Å²) in [7, 11) is 0. The number of esters is 1. The summed E-state index contributed by atoms with van der Waals surface area (Å²) in [5, 5.41) is 0. The number of hydrazine groups is 1.